The summed E-state index contributed by atoms with van der Waals surface area (Å²) in [6.45, 7) is 0.503. The largest absolute Gasteiger partial charge is 0.355 e. The molecule has 1 aliphatic heterocycles. The molecule has 5 heteroatoms. The third kappa shape index (κ3) is 3.37. The maximum Gasteiger partial charge on any atom is 0.225 e. The molecule has 17 heavy (non-hydrogen) atoms. The normalized spacial score (nSPS) is 33.2. The molecule has 0 spiro atoms. The van der Waals surface area contributed by atoms with Gasteiger partial charge in [-0.25, -0.2) is 0 Å². The lowest BCUT2D eigenvalue weighted by molar-refractivity contribution is -0.129. The summed E-state index contributed by atoms with van der Waals surface area (Å²) in [5.41, 5.74) is 0. The highest BCUT2D eigenvalue weighted by atomic mass is 32.2. The van der Waals surface area contributed by atoms with Crippen molar-refractivity contribution in [3.8, 4) is 0 Å². The van der Waals surface area contributed by atoms with Crippen molar-refractivity contribution in [3.63, 3.8) is 0 Å². The Morgan fingerprint density at radius 1 is 1.41 bits per heavy atom. The van der Waals surface area contributed by atoms with Gasteiger partial charge < -0.3 is 10.6 Å². The Balaban J connectivity index is 1.75. The number of nitrogens with one attached hydrogen (secondary N) is 2. The van der Waals surface area contributed by atoms with E-state index in [-0.39, 0.29) is 17.7 Å². The van der Waals surface area contributed by atoms with E-state index in [1.54, 1.807) is 0 Å². The molecule has 3 atom stereocenters. The van der Waals surface area contributed by atoms with E-state index in [2.05, 4.69) is 16.9 Å². The first-order valence-electron chi connectivity index (χ1n) is 6.29. The first-order valence-corrected chi connectivity index (χ1v) is 7.57. The first-order chi connectivity index (χ1) is 8.19. The number of rotatable bonds is 3. The summed E-state index contributed by atoms with van der Waals surface area (Å²) >= 11 is 1.89. The van der Waals surface area contributed by atoms with Crippen molar-refractivity contribution < 1.29 is 9.59 Å². The molecule has 0 aromatic rings. The minimum Gasteiger partial charge on any atom is -0.355 e. The lowest BCUT2D eigenvalue weighted by atomic mass is 9.98. The molecule has 0 aromatic heterocycles. The van der Waals surface area contributed by atoms with E-state index in [0.29, 0.717) is 30.7 Å². The van der Waals surface area contributed by atoms with Crippen LogP contribution < -0.4 is 10.6 Å². The maximum absolute atomic E-state index is 12.0. The van der Waals surface area contributed by atoms with Crippen LogP contribution in [0.1, 0.15) is 32.1 Å². The third-order valence-electron chi connectivity index (χ3n) is 3.70. The number of thioether (sulfide) groups is 1. The minimum atomic E-state index is -0.0268. The molecule has 1 saturated heterocycles. The molecule has 2 N–H and O–H groups in total. The molecule has 3 unspecified atom stereocenters. The lowest BCUT2D eigenvalue weighted by Crippen LogP contribution is -2.45. The van der Waals surface area contributed by atoms with Crippen LogP contribution in [0.25, 0.3) is 0 Å². The molecular formula is C12H20N2O2S. The Morgan fingerprint density at radius 3 is 2.82 bits per heavy atom. The van der Waals surface area contributed by atoms with Crippen LogP contribution in [0.4, 0.5) is 0 Å². The van der Waals surface area contributed by atoms with Crippen molar-refractivity contribution in [3.05, 3.63) is 0 Å². The Kier molecular flexibility index (Phi) is 4.31. The van der Waals surface area contributed by atoms with Gasteiger partial charge in [0.2, 0.25) is 11.8 Å². The summed E-state index contributed by atoms with van der Waals surface area (Å²) in [6.07, 6.45) is 6.69. The van der Waals surface area contributed by atoms with Crippen molar-refractivity contribution >= 4 is 23.6 Å². The topological polar surface area (TPSA) is 58.2 Å². The van der Waals surface area contributed by atoms with E-state index in [4.69, 9.17) is 0 Å². The standard InChI is InChI=1S/C12H20N2O2S/c1-17-10-4-3-9(6-10)14-12(16)8-2-5-11(15)13-7-8/h8-10H,2-7H2,1H3,(H,13,15)(H,14,16). The van der Waals surface area contributed by atoms with Gasteiger partial charge in [0.15, 0.2) is 0 Å². The zero-order valence-corrected chi connectivity index (χ0v) is 11.0. The Bertz CT molecular complexity index is 299. The highest BCUT2D eigenvalue weighted by Gasteiger charge is 2.29. The van der Waals surface area contributed by atoms with Gasteiger partial charge in [-0.15, -0.1) is 0 Å². The zero-order valence-electron chi connectivity index (χ0n) is 10.2. The Labute approximate surface area is 106 Å². The van der Waals surface area contributed by atoms with Crippen LogP contribution in [-0.4, -0.2) is 35.9 Å². The third-order valence-corrected chi connectivity index (χ3v) is 4.80. The van der Waals surface area contributed by atoms with Gasteiger partial charge in [-0.05, 0) is 31.9 Å². The van der Waals surface area contributed by atoms with Gasteiger partial charge in [0.25, 0.3) is 0 Å². The predicted octanol–water partition coefficient (Wildman–Crippen LogP) is 0.913. The van der Waals surface area contributed by atoms with Crippen molar-refractivity contribution in [2.45, 2.75) is 43.4 Å². The van der Waals surface area contributed by atoms with Gasteiger partial charge in [0, 0.05) is 24.3 Å². The number of carbonyl (C=O) groups is 2. The molecule has 1 heterocycles. The van der Waals surface area contributed by atoms with Crippen LogP contribution in [0.15, 0.2) is 0 Å². The molecule has 4 nitrogen and oxygen atoms in total. The highest BCUT2D eigenvalue weighted by Crippen LogP contribution is 2.28. The van der Waals surface area contributed by atoms with Crippen LogP contribution in [-0.2, 0) is 9.59 Å². The van der Waals surface area contributed by atoms with Crippen molar-refractivity contribution in [2.75, 3.05) is 12.8 Å². The Hall–Kier alpha value is -0.710. The smallest absolute Gasteiger partial charge is 0.225 e. The quantitative estimate of drug-likeness (QED) is 0.789. The van der Waals surface area contributed by atoms with E-state index >= 15 is 0 Å². The molecule has 2 aliphatic rings. The number of amides is 2. The zero-order chi connectivity index (χ0) is 12.3. The monoisotopic (exact) mass is 256 g/mol. The van der Waals surface area contributed by atoms with Crippen LogP contribution in [0, 0.1) is 5.92 Å². The number of piperidine rings is 1. The van der Waals surface area contributed by atoms with Gasteiger partial charge in [-0.3, -0.25) is 9.59 Å². The molecule has 2 amide bonds. The molecule has 1 aliphatic carbocycles. The summed E-state index contributed by atoms with van der Waals surface area (Å²) in [4.78, 5) is 23.0. The van der Waals surface area contributed by atoms with E-state index < -0.39 is 0 Å². The molecule has 2 fully saturated rings. The lowest BCUT2D eigenvalue weighted by Gasteiger charge is -2.23. The van der Waals surface area contributed by atoms with E-state index in [1.165, 1.54) is 6.42 Å². The fraction of sp³-hybridized carbons (Fsp3) is 0.833. The highest BCUT2D eigenvalue weighted by molar-refractivity contribution is 7.99. The van der Waals surface area contributed by atoms with Crippen LogP contribution >= 0.6 is 11.8 Å². The molecule has 0 aromatic carbocycles. The fourth-order valence-electron chi connectivity index (χ4n) is 2.56. The average Bonchev–Trinajstić information content (AvgIpc) is 2.77. The second kappa shape index (κ2) is 5.76. The predicted molar refractivity (Wildman–Crippen MR) is 68.8 cm³/mol. The molecule has 1 saturated carbocycles. The summed E-state index contributed by atoms with van der Waals surface area (Å²) in [7, 11) is 0. The summed E-state index contributed by atoms with van der Waals surface area (Å²) in [5.74, 6) is 0.162. The molecule has 0 radical (unpaired) electrons. The second-order valence-corrected chi connectivity index (χ2v) is 6.05. The number of hydrogen-bond donors (Lipinski definition) is 2. The van der Waals surface area contributed by atoms with Gasteiger partial charge in [-0.1, -0.05) is 0 Å². The Morgan fingerprint density at radius 2 is 2.24 bits per heavy atom. The van der Waals surface area contributed by atoms with Gasteiger partial charge >= 0.3 is 0 Å². The van der Waals surface area contributed by atoms with E-state index in [1.807, 2.05) is 11.8 Å². The SMILES string of the molecule is CSC1CCC(NC(=O)C2CCC(=O)NC2)C1. The van der Waals surface area contributed by atoms with Crippen LogP contribution in [0.3, 0.4) is 0 Å². The number of hydrogen-bond acceptors (Lipinski definition) is 3. The van der Waals surface area contributed by atoms with Gasteiger partial charge in [0.1, 0.15) is 0 Å². The minimum absolute atomic E-state index is 0.0268. The van der Waals surface area contributed by atoms with Crippen LogP contribution in [0.2, 0.25) is 0 Å². The van der Waals surface area contributed by atoms with Gasteiger partial charge in [0.05, 0.1) is 5.92 Å². The van der Waals surface area contributed by atoms with Crippen molar-refractivity contribution in [1.29, 1.82) is 0 Å². The summed E-state index contributed by atoms with van der Waals surface area (Å²) in [6, 6.07) is 0.345. The first kappa shape index (κ1) is 12.7. The van der Waals surface area contributed by atoms with Crippen LogP contribution in [0.5, 0.6) is 0 Å². The second-order valence-electron chi connectivity index (χ2n) is 4.92. The number of carbonyl (C=O) groups excluding carboxylic acids is 2. The van der Waals surface area contributed by atoms with E-state index in [0.717, 1.165) is 12.8 Å². The molecule has 96 valence electrons. The maximum atomic E-state index is 12.0. The fourth-order valence-corrected chi connectivity index (χ4v) is 3.36. The average molecular weight is 256 g/mol. The van der Waals surface area contributed by atoms with Gasteiger partial charge in [-0.2, -0.15) is 11.8 Å². The van der Waals surface area contributed by atoms with Crippen molar-refractivity contribution in [2.24, 2.45) is 5.92 Å². The molecule has 2 rings (SSSR count). The summed E-state index contributed by atoms with van der Waals surface area (Å²) in [5, 5.41) is 6.58. The summed E-state index contributed by atoms with van der Waals surface area (Å²) < 4.78 is 0. The van der Waals surface area contributed by atoms with Crippen molar-refractivity contribution in [1.82, 2.24) is 10.6 Å². The molecule has 0 bridgehead atoms. The molecular weight excluding hydrogens is 236 g/mol. The van der Waals surface area contributed by atoms with E-state index in [9.17, 15) is 9.59 Å².